The van der Waals surface area contributed by atoms with Crippen LogP contribution in [0.25, 0.3) is 6.08 Å². The Hall–Kier alpha value is -3.81. The van der Waals surface area contributed by atoms with Crippen molar-refractivity contribution < 1.29 is 19.2 Å². The molecule has 3 heterocycles. The first kappa shape index (κ1) is 25.3. The van der Waals surface area contributed by atoms with Gasteiger partial charge in [0.25, 0.3) is 5.91 Å². The first-order valence-electron chi connectivity index (χ1n) is 12.3. The highest BCUT2D eigenvalue weighted by Gasteiger charge is 2.52. The quantitative estimate of drug-likeness (QED) is 0.616. The van der Waals surface area contributed by atoms with Crippen molar-refractivity contribution in [2.45, 2.75) is 51.2 Å². The Morgan fingerprint density at radius 2 is 1.92 bits per heavy atom. The molecule has 4 rings (SSSR count). The number of hydrogen-bond donors (Lipinski definition) is 1. The van der Waals surface area contributed by atoms with E-state index in [4.69, 9.17) is 0 Å². The van der Waals surface area contributed by atoms with Gasteiger partial charge in [-0.05, 0) is 48.1 Å². The molecular weight excluding hydrogens is 456 g/mol. The summed E-state index contributed by atoms with van der Waals surface area (Å²) in [7, 11) is 0. The summed E-state index contributed by atoms with van der Waals surface area (Å²) in [5.41, 5.74) is 2.13. The van der Waals surface area contributed by atoms with E-state index in [0.717, 1.165) is 11.1 Å². The molecule has 3 unspecified atom stereocenters. The summed E-state index contributed by atoms with van der Waals surface area (Å²) in [4.78, 5) is 59.8. The van der Waals surface area contributed by atoms with Crippen LogP contribution in [-0.2, 0) is 20.8 Å². The Balaban J connectivity index is 1.47. The molecule has 0 saturated carbocycles. The lowest BCUT2D eigenvalue weighted by atomic mass is 10.0. The molecule has 3 atom stereocenters. The van der Waals surface area contributed by atoms with Gasteiger partial charge in [-0.15, -0.1) is 0 Å². The third kappa shape index (κ3) is 5.37. The van der Waals surface area contributed by atoms with Crippen molar-refractivity contribution in [2.24, 2.45) is 5.92 Å². The largest absolute Gasteiger partial charge is 0.340 e. The number of likely N-dealkylation sites (tertiary alicyclic amines) is 2. The summed E-state index contributed by atoms with van der Waals surface area (Å²) in [6.45, 7) is 8.05. The molecule has 0 radical (unpaired) electrons. The Labute approximate surface area is 211 Å². The van der Waals surface area contributed by atoms with Crippen LogP contribution in [0.5, 0.6) is 0 Å². The molecule has 2 fully saturated rings. The van der Waals surface area contributed by atoms with Crippen molar-refractivity contribution in [3.8, 4) is 0 Å². The van der Waals surface area contributed by atoms with Crippen LogP contribution in [0.2, 0.25) is 0 Å². The van der Waals surface area contributed by atoms with Crippen LogP contribution in [0.4, 0.5) is 0 Å². The molecule has 2 aliphatic rings. The number of nitrogens with zero attached hydrogens (tertiary/aromatic N) is 3. The number of carbonyl (C=O) groups excluding carboxylic acids is 4. The van der Waals surface area contributed by atoms with Crippen LogP contribution in [-0.4, -0.2) is 69.5 Å². The second-order valence-corrected chi connectivity index (χ2v) is 9.84. The molecule has 2 aliphatic heterocycles. The highest BCUT2D eigenvalue weighted by molar-refractivity contribution is 6.01. The minimum absolute atomic E-state index is 0.00489. The molecule has 1 aromatic heterocycles. The minimum atomic E-state index is -0.761. The number of ketones is 1. The predicted octanol–water partition coefficient (Wildman–Crippen LogP) is 2.49. The summed E-state index contributed by atoms with van der Waals surface area (Å²) in [6.07, 6.45) is 6.12. The van der Waals surface area contributed by atoms with E-state index in [9.17, 15) is 19.2 Å². The number of fused-ring (bicyclic) bond motifs is 1. The number of hydrogen-bond acceptors (Lipinski definition) is 5. The van der Waals surface area contributed by atoms with E-state index in [0.29, 0.717) is 24.9 Å². The second kappa shape index (κ2) is 10.8. The molecule has 1 N–H and O–H groups in total. The summed E-state index contributed by atoms with van der Waals surface area (Å²) in [6, 6.07) is 8.80. The number of pyridine rings is 1. The number of carbonyl (C=O) groups is 4. The monoisotopic (exact) mass is 488 g/mol. The van der Waals surface area contributed by atoms with E-state index < -0.39 is 12.1 Å². The fourth-order valence-electron chi connectivity index (χ4n) is 5.07. The number of amides is 3. The predicted molar refractivity (Wildman–Crippen MR) is 136 cm³/mol. The van der Waals surface area contributed by atoms with Gasteiger partial charge >= 0.3 is 0 Å². The third-order valence-electron chi connectivity index (χ3n) is 6.82. The van der Waals surface area contributed by atoms with Crippen LogP contribution in [0.3, 0.4) is 0 Å². The molecular formula is C28H32N4O4. The number of nitrogens with one attached hydrogen (secondary N) is 1. The standard InChI is InChI=1S/C28H32N4O4/c1-4-19-7-9-21(10-8-19)27(35)30-22(14-18(2)3)28(36)31-13-11-23-26(31)24(33)17-32(23)25(34)15-20-6-5-12-29-16-20/h4-10,12,16,18,22-23,26H,1,11,13-15,17H2,2-3H3,(H,30,35). The van der Waals surface area contributed by atoms with E-state index in [1.165, 1.54) is 0 Å². The highest BCUT2D eigenvalue weighted by atomic mass is 16.2. The van der Waals surface area contributed by atoms with Crippen LogP contribution >= 0.6 is 0 Å². The van der Waals surface area contributed by atoms with Crippen LogP contribution in [0, 0.1) is 5.92 Å². The maximum atomic E-state index is 13.6. The van der Waals surface area contributed by atoms with E-state index in [1.807, 2.05) is 19.9 Å². The molecule has 3 amide bonds. The van der Waals surface area contributed by atoms with Crippen molar-refractivity contribution in [1.29, 1.82) is 0 Å². The van der Waals surface area contributed by atoms with Crippen molar-refractivity contribution in [2.75, 3.05) is 13.1 Å². The zero-order valence-corrected chi connectivity index (χ0v) is 20.7. The molecule has 188 valence electrons. The van der Waals surface area contributed by atoms with Gasteiger partial charge in [0.15, 0.2) is 5.78 Å². The molecule has 8 heteroatoms. The molecule has 0 spiro atoms. The van der Waals surface area contributed by atoms with Gasteiger partial charge in [0.2, 0.25) is 11.8 Å². The zero-order chi connectivity index (χ0) is 25.8. The molecule has 8 nitrogen and oxygen atoms in total. The fourth-order valence-corrected chi connectivity index (χ4v) is 5.07. The van der Waals surface area contributed by atoms with Crippen molar-refractivity contribution in [3.63, 3.8) is 0 Å². The van der Waals surface area contributed by atoms with E-state index in [-0.39, 0.29) is 48.4 Å². The molecule has 2 saturated heterocycles. The topological polar surface area (TPSA) is 99.7 Å². The first-order valence-corrected chi connectivity index (χ1v) is 12.3. The van der Waals surface area contributed by atoms with Crippen molar-refractivity contribution in [3.05, 3.63) is 72.1 Å². The summed E-state index contributed by atoms with van der Waals surface area (Å²) in [5, 5.41) is 2.89. The number of benzene rings is 1. The summed E-state index contributed by atoms with van der Waals surface area (Å²) < 4.78 is 0. The minimum Gasteiger partial charge on any atom is -0.340 e. The van der Waals surface area contributed by atoms with Gasteiger partial charge < -0.3 is 15.1 Å². The first-order chi connectivity index (χ1) is 17.3. The Morgan fingerprint density at radius 1 is 1.17 bits per heavy atom. The van der Waals surface area contributed by atoms with Gasteiger partial charge in [-0.3, -0.25) is 24.2 Å². The summed E-state index contributed by atoms with van der Waals surface area (Å²) >= 11 is 0. The lowest BCUT2D eigenvalue weighted by Crippen LogP contribution is -2.53. The Morgan fingerprint density at radius 3 is 2.56 bits per heavy atom. The number of rotatable bonds is 8. The molecule has 1 aromatic carbocycles. The van der Waals surface area contributed by atoms with Crippen molar-refractivity contribution in [1.82, 2.24) is 20.1 Å². The lowest BCUT2D eigenvalue weighted by molar-refractivity contribution is -0.138. The van der Waals surface area contributed by atoms with Crippen LogP contribution in [0.15, 0.2) is 55.4 Å². The van der Waals surface area contributed by atoms with Crippen LogP contribution < -0.4 is 5.32 Å². The van der Waals surface area contributed by atoms with E-state index in [2.05, 4.69) is 16.9 Å². The Kier molecular flexibility index (Phi) is 7.62. The lowest BCUT2D eigenvalue weighted by Gasteiger charge is -2.29. The third-order valence-corrected chi connectivity index (χ3v) is 6.82. The highest BCUT2D eigenvalue weighted by Crippen LogP contribution is 2.31. The maximum Gasteiger partial charge on any atom is 0.251 e. The zero-order valence-electron chi connectivity index (χ0n) is 20.7. The van der Waals surface area contributed by atoms with Crippen molar-refractivity contribution >= 4 is 29.6 Å². The average Bonchev–Trinajstić information content (AvgIpc) is 3.45. The molecule has 0 bridgehead atoms. The van der Waals surface area contributed by atoms with Gasteiger partial charge in [0.1, 0.15) is 12.1 Å². The van der Waals surface area contributed by atoms with E-state index in [1.54, 1.807) is 58.6 Å². The van der Waals surface area contributed by atoms with Crippen LogP contribution in [0.1, 0.15) is 48.2 Å². The van der Waals surface area contributed by atoms with Gasteiger partial charge in [0, 0.05) is 24.5 Å². The molecule has 2 aromatic rings. The second-order valence-electron chi connectivity index (χ2n) is 9.84. The SMILES string of the molecule is C=Cc1ccc(C(=O)NC(CC(C)C)C(=O)N2CCC3C2C(=O)CN3C(=O)Cc2cccnc2)cc1. The molecule has 0 aliphatic carbocycles. The van der Waals surface area contributed by atoms with Gasteiger partial charge in [-0.1, -0.05) is 44.7 Å². The van der Waals surface area contributed by atoms with Gasteiger partial charge in [-0.2, -0.15) is 0 Å². The fraction of sp³-hybridized carbons (Fsp3) is 0.393. The smallest absolute Gasteiger partial charge is 0.251 e. The molecule has 36 heavy (non-hydrogen) atoms. The van der Waals surface area contributed by atoms with Gasteiger partial charge in [-0.25, -0.2) is 0 Å². The number of aromatic nitrogens is 1. The Bertz CT molecular complexity index is 1150. The van der Waals surface area contributed by atoms with E-state index >= 15 is 0 Å². The van der Waals surface area contributed by atoms with Gasteiger partial charge in [0.05, 0.1) is 19.0 Å². The maximum absolute atomic E-state index is 13.6. The summed E-state index contributed by atoms with van der Waals surface area (Å²) in [5.74, 6) is -0.751. The number of Topliss-reactive ketones (excluding diaryl/α,β-unsaturated/α-hetero) is 1. The average molecular weight is 489 g/mol. The normalized spacial score (nSPS) is 19.8.